The van der Waals surface area contributed by atoms with Crippen molar-refractivity contribution in [2.45, 2.75) is 45.3 Å². The lowest BCUT2D eigenvalue weighted by atomic mass is 10.0. The maximum absolute atomic E-state index is 13.2. The van der Waals surface area contributed by atoms with Crippen molar-refractivity contribution in [2.24, 2.45) is 0 Å². The van der Waals surface area contributed by atoms with Crippen LogP contribution < -0.4 is 9.80 Å². The molecule has 0 radical (unpaired) electrons. The van der Waals surface area contributed by atoms with E-state index >= 15 is 0 Å². The summed E-state index contributed by atoms with van der Waals surface area (Å²) in [5.74, 6) is 0.837. The summed E-state index contributed by atoms with van der Waals surface area (Å²) in [5.41, 5.74) is 3.68. The Morgan fingerprint density at radius 1 is 1.17 bits per heavy atom. The van der Waals surface area contributed by atoms with E-state index in [4.69, 9.17) is 15.1 Å². The molecule has 4 aromatic rings. The van der Waals surface area contributed by atoms with Crippen molar-refractivity contribution in [1.29, 1.82) is 5.26 Å². The summed E-state index contributed by atoms with van der Waals surface area (Å²) in [6.07, 6.45) is 1.84. The van der Waals surface area contributed by atoms with Gasteiger partial charge in [0.2, 0.25) is 16.0 Å². The quantitative estimate of drug-likeness (QED) is 0.289. The summed E-state index contributed by atoms with van der Waals surface area (Å²) in [4.78, 5) is 31.7. The molecule has 1 aromatic carbocycles. The fourth-order valence-electron chi connectivity index (χ4n) is 5.55. The second-order valence-corrected chi connectivity index (χ2v) is 13.0. The van der Waals surface area contributed by atoms with Crippen molar-refractivity contribution in [3.05, 3.63) is 40.4 Å². The number of aryl methyl sites for hydroxylation is 2. The van der Waals surface area contributed by atoms with Gasteiger partial charge in [0.15, 0.2) is 10.9 Å². The monoisotopic (exact) mass is 607 g/mol. The number of piperidine rings is 1. The largest absolute Gasteiger partial charge is 0.345 e. The number of alkyl halides is 1. The molecule has 42 heavy (non-hydrogen) atoms. The van der Waals surface area contributed by atoms with Crippen molar-refractivity contribution < 1.29 is 9.18 Å². The van der Waals surface area contributed by atoms with Gasteiger partial charge in [-0.2, -0.15) is 9.78 Å². The second kappa shape index (κ2) is 11.6. The number of hydrogen-bond donors (Lipinski definition) is 0. The van der Waals surface area contributed by atoms with Gasteiger partial charge in [0, 0.05) is 31.7 Å². The van der Waals surface area contributed by atoms with E-state index in [0.717, 1.165) is 65.1 Å². The maximum atomic E-state index is 13.2. The van der Waals surface area contributed by atoms with E-state index in [1.54, 1.807) is 16.2 Å². The van der Waals surface area contributed by atoms with E-state index < -0.39 is 6.17 Å². The number of thiazole rings is 1. The molecule has 1 amide bonds. The number of carbonyl (C=O) groups excluding carboxylic acids is 1. The predicted octanol–water partition coefficient (Wildman–Crippen LogP) is 4.51. The number of carbonyl (C=O) groups is 1. The van der Waals surface area contributed by atoms with Gasteiger partial charge in [0.25, 0.3) is 0 Å². The Labute approximate surface area is 252 Å². The molecule has 2 fully saturated rings. The van der Waals surface area contributed by atoms with Gasteiger partial charge in [-0.1, -0.05) is 59.4 Å². The zero-order valence-corrected chi connectivity index (χ0v) is 25.9. The number of halogens is 1. The third kappa shape index (κ3) is 5.34. The fraction of sp³-hybridized carbons (Fsp3) is 0.483. The zero-order valence-electron chi connectivity index (χ0n) is 24.2. The first-order chi connectivity index (χ1) is 20.2. The third-order valence-corrected chi connectivity index (χ3v) is 10.1. The molecule has 2 saturated heterocycles. The first-order valence-electron chi connectivity index (χ1n) is 14.2. The van der Waals surface area contributed by atoms with Gasteiger partial charge < -0.3 is 14.7 Å². The minimum atomic E-state index is -0.885. The van der Waals surface area contributed by atoms with E-state index in [0.29, 0.717) is 22.2 Å². The maximum Gasteiger partial charge on any atom is 0.236 e. The number of benzene rings is 1. The summed E-state index contributed by atoms with van der Waals surface area (Å²) in [7, 11) is 3.93. The molecule has 6 rings (SSSR count). The average Bonchev–Trinajstić information content (AvgIpc) is 3.68. The number of amides is 1. The fourth-order valence-corrected chi connectivity index (χ4v) is 7.35. The minimum Gasteiger partial charge on any atom is -0.345 e. The van der Waals surface area contributed by atoms with E-state index in [2.05, 4.69) is 22.8 Å². The van der Waals surface area contributed by atoms with Crippen molar-refractivity contribution in [2.75, 3.05) is 56.6 Å². The molecule has 13 heteroatoms. The standard InChI is InChI=1S/C29H34FN9OS2/c1-5-22-26(36(4)27-33-25(23(13-31)41-27)19-10-8-18(2)9-11-19)39-28(32-22)42-29(34-39)37-12-6-7-21(16-37)35(3)17-24(40)38-14-20(30)15-38/h8-11,20-21H,5-7,12,14-17H2,1-4H3. The number of nitriles is 1. The van der Waals surface area contributed by atoms with E-state index in [1.165, 1.54) is 11.3 Å². The summed E-state index contributed by atoms with van der Waals surface area (Å²) in [5, 5.41) is 16.5. The molecule has 220 valence electrons. The molecule has 10 nitrogen and oxygen atoms in total. The van der Waals surface area contributed by atoms with Crippen LogP contribution in [0.4, 0.5) is 20.5 Å². The van der Waals surface area contributed by atoms with E-state index in [-0.39, 0.29) is 25.0 Å². The zero-order chi connectivity index (χ0) is 29.5. The van der Waals surface area contributed by atoms with E-state index in [1.807, 2.05) is 54.7 Å². The lowest BCUT2D eigenvalue weighted by Gasteiger charge is -2.39. The Kier molecular flexibility index (Phi) is 7.87. The number of imidazole rings is 1. The number of likely N-dealkylation sites (tertiary alicyclic amines) is 1. The SMILES string of the molecule is CCc1nc2sc(N3CCCC(N(C)CC(=O)N4CC(F)C4)C3)nn2c1N(C)c1nc(-c2ccc(C)cc2)c(C#N)s1. The molecule has 5 heterocycles. The summed E-state index contributed by atoms with van der Waals surface area (Å²) < 4.78 is 15.1. The van der Waals surface area contributed by atoms with Crippen LogP contribution in [0.5, 0.6) is 0 Å². The van der Waals surface area contributed by atoms with Crippen molar-refractivity contribution >= 4 is 49.6 Å². The van der Waals surface area contributed by atoms with Gasteiger partial charge in [0.1, 0.15) is 22.8 Å². The molecule has 2 aliphatic heterocycles. The molecule has 1 unspecified atom stereocenters. The van der Waals surface area contributed by atoms with Crippen LogP contribution in [0.3, 0.4) is 0 Å². The number of anilines is 3. The summed E-state index contributed by atoms with van der Waals surface area (Å²) in [6, 6.07) is 10.6. The minimum absolute atomic E-state index is 0.0108. The topological polar surface area (TPSA) is 96.9 Å². The molecule has 0 bridgehead atoms. The lowest BCUT2D eigenvalue weighted by Crippen LogP contribution is -2.56. The lowest BCUT2D eigenvalue weighted by molar-refractivity contribution is -0.139. The van der Waals surface area contributed by atoms with Crippen LogP contribution in [0.1, 0.15) is 35.9 Å². The van der Waals surface area contributed by atoms with Gasteiger partial charge in [-0.15, -0.1) is 5.10 Å². The predicted molar refractivity (Wildman–Crippen MR) is 165 cm³/mol. The number of hydrogen-bond acceptors (Lipinski definition) is 10. The Bertz CT molecular complexity index is 1630. The molecule has 0 N–H and O–H groups in total. The number of rotatable bonds is 8. The van der Waals surface area contributed by atoms with Gasteiger partial charge in [-0.3, -0.25) is 9.69 Å². The highest BCUT2D eigenvalue weighted by Crippen LogP contribution is 2.38. The molecule has 0 spiro atoms. The molecule has 1 atom stereocenters. The van der Waals surface area contributed by atoms with Crippen LogP contribution >= 0.6 is 22.7 Å². The highest BCUT2D eigenvalue weighted by molar-refractivity contribution is 7.20. The van der Waals surface area contributed by atoms with Crippen LogP contribution in [0.2, 0.25) is 0 Å². The first-order valence-corrected chi connectivity index (χ1v) is 15.9. The highest BCUT2D eigenvalue weighted by atomic mass is 32.1. The van der Waals surface area contributed by atoms with Crippen molar-refractivity contribution in [3.8, 4) is 17.3 Å². The van der Waals surface area contributed by atoms with Gasteiger partial charge >= 0.3 is 0 Å². The average molecular weight is 608 g/mol. The number of fused-ring (bicyclic) bond motifs is 1. The van der Waals surface area contributed by atoms with Gasteiger partial charge in [0.05, 0.1) is 25.3 Å². The van der Waals surface area contributed by atoms with Crippen molar-refractivity contribution in [3.63, 3.8) is 0 Å². The Hall–Kier alpha value is -3.60. The molecule has 2 aliphatic rings. The Balaban J connectivity index is 1.23. The first kappa shape index (κ1) is 28.5. The van der Waals surface area contributed by atoms with Crippen LogP contribution in [0.25, 0.3) is 16.2 Å². The summed E-state index contributed by atoms with van der Waals surface area (Å²) >= 11 is 2.92. The summed E-state index contributed by atoms with van der Waals surface area (Å²) in [6.45, 7) is 6.48. The van der Waals surface area contributed by atoms with Crippen LogP contribution in [0.15, 0.2) is 24.3 Å². The van der Waals surface area contributed by atoms with Crippen molar-refractivity contribution in [1.82, 2.24) is 29.4 Å². The molecular formula is C29H34FN9OS2. The van der Waals surface area contributed by atoms with E-state index in [9.17, 15) is 14.4 Å². The van der Waals surface area contributed by atoms with Crippen LogP contribution in [-0.4, -0.2) is 94.3 Å². The molecule has 3 aromatic heterocycles. The Morgan fingerprint density at radius 3 is 2.62 bits per heavy atom. The molecule has 0 aliphatic carbocycles. The van der Waals surface area contributed by atoms with Gasteiger partial charge in [-0.25, -0.2) is 14.4 Å². The highest BCUT2D eigenvalue weighted by Gasteiger charge is 2.33. The van der Waals surface area contributed by atoms with Gasteiger partial charge in [-0.05, 0) is 33.2 Å². The van der Waals surface area contributed by atoms with Crippen LogP contribution in [-0.2, 0) is 11.2 Å². The molecule has 0 saturated carbocycles. The number of aromatic nitrogens is 4. The van der Waals surface area contributed by atoms with Crippen LogP contribution in [0, 0.1) is 18.3 Å². The normalized spacial score (nSPS) is 17.6. The smallest absolute Gasteiger partial charge is 0.236 e. The number of nitrogens with zero attached hydrogens (tertiary/aromatic N) is 9. The second-order valence-electron chi connectivity index (χ2n) is 11.1. The molecular weight excluding hydrogens is 574 g/mol. The third-order valence-electron chi connectivity index (χ3n) is 8.09. The Morgan fingerprint density at radius 2 is 1.93 bits per heavy atom. The number of likely N-dealkylation sites (N-methyl/N-ethyl adjacent to an activating group) is 1.